The van der Waals surface area contributed by atoms with Crippen LogP contribution in [0.5, 0.6) is 0 Å². The molecule has 0 aliphatic carbocycles. The number of carbonyl (C=O) groups is 1. The van der Waals surface area contributed by atoms with Crippen LogP contribution in [-0.4, -0.2) is 12.1 Å². The quantitative estimate of drug-likeness (QED) is 0.686. The second kappa shape index (κ2) is 6.12. The van der Waals surface area contributed by atoms with Gasteiger partial charge in [-0.15, -0.1) is 0 Å². The standard InChI is InChI=1S/C14H11BrN2O/c15-13-9-5-4-8-12(13)10-16-17-14(18)11-6-2-1-3-7-11/h1-10H,(H,17,18)/b16-10-. The number of carbonyl (C=O) groups excluding carboxylic acids is 1. The van der Waals surface area contributed by atoms with Gasteiger partial charge in [0.25, 0.3) is 5.91 Å². The van der Waals surface area contributed by atoms with Crippen LogP contribution in [-0.2, 0) is 0 Å². The molecule has 2 aromatic rings. The smallest absolute Gasteiger partial charge is 0.267 e. The van der Waals surface area contributed by atoms with Crippen molar-refractivity contribution in [2.45, 2.75) is 0 Å². The van der Waals surface area contributed by atoms with E-state index in [4.69, 9.17) is 0 Å². The van der Waals surface area contributed by atoms with Crippen molar-refractivity contribution in [2.75, 3.05) is 0 Å². The predicted octanol–water partition coefficient (Wildman–Crippen LogP) is 3.21. The fourth-order valence-corrected chi connectivity index (χ4v) is 1.78. The van der Waals surface area contributed by atoms with Crippen molar-refractivity contribution < 1.29 is 4.79 Å². The number of hydrazone groups is 1. The molecule has 0 heterocycles. The van der Waals surface area contributed by atoms with Crippen molar-refractivity contribution >= 4 is 28.1 Å². The summed E-state index contributed by atoms with van der Waals surface area (Å²) < 4.78 is 0.933. The highest BCUT2D eigenvalue weighted by molar-refractivity contribution is 9.10. The lowest BCUT2D eigenvalue weighted by molar-refractivity contribution is 0.0955. The zero-order chi connectivity index (χ0) is 12.8. The van der Waals surface area contributed by atoms with Crippen LogP contribution in [0.1, 0.15) is 15.9 Å². The first-order valence-corrected chi connectivity index (χ1v) is 6.19. The Hall–Kier alpha value is -1.94. The van der Waals surface area contributed by atoms with Gasteiger partial charge in [0.15, 0.2) is 0 Å². The number of amides is 1. The van der Waals surface area contributed by atoms with E-state index in [9.17, 15) is 4.79 Å². The molecule has 0 saturated heterocycles. The molecule has 0 aliphatic rings. The number of hydrogen-bond donors (Lipinski definition) is 1. The molecule has 0 aliphatic heterocycles. The number of nitrogens with zero attached hydrogens (tertiary/aromatic N) is 1. The largest absolute Gasteiger partial charge is 0.271 e. The third-order valence-corrected chi connectivity index (χ3v) is 3.03. The van der Waals surface area contributed by atoms with Gasteiger partial charge in [0.2, 0.25) is 0 Å². The molecule has 0 unspecified atom stereocenters. The maximum atomic E-state index is 11.7. The van der Waals surface area contributed by atoms with Crippen molar-refractivity contribution in [3.8, 4) is 0 Å². The van der Waals surface area contributed by atoms with E-state index < -0.39 is 0 Å². The van der Waals surface area contributed by atoms with Gasteiger partial charge in [-0.05, 0) is 18.2 Å². The Labute approximate surface area is 114 Å². The third kappa shape index (κ3) is 3.28. The minimum atomic E-state index is -0.223. The van der Waals surface area contributed by atoms with Crippen LogP contribution in [0.3, 0.4) is 0 Å². The van der Waals surface area contributed by atoms with Gasteiger partial charge in [0, 0.05) is 15.6 Å². The van der Waals surface area contributed by atoms with Gasteiger partial charge in [-0.1, -0.05) is 52.3 Å². The lowest BCUT2D eigenvalue weighted by Gasteiger charge is -1.99. The molecule has 18 heavy (non-hydrogen) atoms. The molecular formula is C14H11BrN2O. The number of halogens is 1. The summed E-state index contributed by atoms with van der Waals surface area (Å²) in [6.07, 6.45) is 1.60. The fourth-order valence-electron chi connectivity index (χ4n) is 1.39. The van der Waals surface area contributed by atoms with Crippen LogP contribution in [0, 0.1) is 0 Å². The average molecular weight is 303 g/mol. The van der Waals surface area contributed by atoms with Crippen LogP contribution in [0.2, 0.25) is 0 Å². The minimum Gasteiger partial charge on any atom is -0.267 e. The number of nitrogens with one attached hydrogen (secondary N) is 1. The molecule has 0 bridgehead atoms. The van der Waals surface area contributed by atoms with Gasteiger partial charge in [-0.2, -0.15) is 5.10 Å². The summed E-state index contributed by atoms with van der Waals surface area (Å²) in [5.74, 6) is -0.223. The highest BCUT2D eigenvalue weighted by Gasteiger charge is 2.01. The Morgan fingerprint density at radius 2 is 1.72 bits per heavy atom. The summed E-state index contributed by atoms with van der Waals surface area (Å²) in [4.78, 5) is 11.7. The number of rotatable bonds is 3. The lowest BCUT2D eigenvalue weighted by atomic mass is 10.2. The molecule has 0 fully saturated rings. The zero-order valence-electron chi connectivity index (χ0n) is 9.51. The Morgan fingerprint density at radius 1 is 1.06 bits per heavy atom. The molecular weight excluding hydrogens is 292 g/mol. The molecule has 0 saturated carbocycles. The van der Waals surface area contributed by atoms with Gasteiger partial charge in [0.1, 0.15) is 0 Å². The van der Waals surface area contributed by atoms with Gasteiger partial charge in [0.05, 0.1) is 6.21 Å². The van der Waals surface area contributed by atoms with E-state index in [0.717, 1.165) is 10.0 Å². The van der Waals surface area contributed by atoms with E-state index in [1.54, 1.807) is 18.3 Å². The monoisotopic (exact) mass is 302 g/mol. The van der Waals surface area contributed by atoms with E-state index in [-0.39, 0.29) is 5.91 Å². The molecule has 3 nitrogen and oxygen atoms in total. The van der Waals surface area contributed by atoms with E-state index in [2.05, 4.69) is 26.5 Å². The molecule has 4 heteroatoms. The molecule has 1 amide bonds. The summed E-state index contributed by atoms with van der Waals surface area (Å²) in [6, 6.07) is 16.6. The fraction of sp³-hybridized carbons (Fsp3) is 0. The summed E-state index contributed by atoms with van der Waals surface area (Å²) in [7, 11) is 0. The van der Waals surface area contributed by atoms with Crippen molar-refractivity contribution in [3.05, 3.63) is 70.2 Å². The van der Waals surface area contributed by atoms with E-state index >= 15 is 0 Å². The van der Waals surface area contributed by atoms with Crippen molar-refractivity contribution in [1.29, 1.82) is 0 Å². The highest BCUT2D eigenvalue weighted by atomic mass is 79.9. The molecule has 1 N–H and O–H groups in total. The molecule has 2 rings (SSSR count). The average Bonchev–Trinajstić information content (AvgIpc) is 2.42. The van der Waals surface area contributed by atoms with Crippen molar-refractivity contribution in [2.24, 2.45) is 5.10 Å². The maximum absolute atomic E-state index is 11.7. The molecule has 0 spiro atoms. The van der Waals surface area contributed by atoms with E-state index in [0.29, 0.717) is 5.56 Å². The van der Waals surface area contributed by atoms with Crippen LogP contribution < -0.4 is 5.43 Å². The van der Waals surface area contributed by atoms with Gasteiger partial charge in [-0.3, -0.25) is 4.79 Å². The summed E-state index contributed by atoms with van der Waals surface area (Å²) in [6.45, 7) is 0. The second-order valence-electron chi connectivity index (χ2n) is 3.59. The summed E-state index contributed by atoms with van der Waals surface area (Å²) in [5, 5.41) is 3.92. The van der Waals surface area contributed by atoms with Crippen molar-refractivity contribution in [3.63, 3.8) is 0 Å². The first-order chi connectivity index (χ1) is 8.77. The van der Waals surface area contributed by atoms with Crippen LogP contribution in [0.15, 0.2) is 64.2 Å². The molecule has 0 aromatic heterocycles. The molecule has 90 valence electrons. The Kier molecular flexibility index (Phi) is 4.25. The van der Waals surface area contributed by atoms with Crippen LogP contribution in [0.25, 0.3) is 0 Å². The van der Waals surface area contributed by atoms with Gasteiger partial charge < -0.3 is 0 Å². The first-order valence-electron chi connectivity index (χ1n) is 5.40. The summed E-state index contributed by atoms with van der Waals surface area (Å²) >= 11 is 3.40. The molecule has 0 atom stereocenters. The number of benzene rings is 2. The first kappa shape index (κ1) is 12.5. The second-order valence-corrected chi connectivity index (χ2v) is 4.44. The predicted molar refractivity (Wildman–Crippen MR) is 75.6 cm³/mol. The Balaban J connectivity index is 2.00. The SMILES string of the molecule is O=C(N/N=C\c1ccccc1Br)c1ccccc1. The normalized spacial score (nSPS) is 10.5. The Bertz CT molecular complexity index is 567. The summed E-state index contributed by atoms with van der Waals surface area (Å²) in [5.41, 5.74) is 3.98. The van der Waals surface area contributed by atoms with Crippen molar-refractivity contribution in [1.82, 2.24) is 5.43 Å². The molecule has 2 aromatic carbocycles. The lowest BCUT2D eigenvalue weighted by Crippen LogP contribution is -2.17. The topological polar surface area (TPSA) is 41.5 Å². The zero-order valence-corrected chi connectivity index (χ0v) is 11.1. The minimum absolute atomic E-state index is 0.223. The van der Waals surface area contributed by atoms with Gasteiger partial charge in [-0.25, -0.2) is 5.43 Å². The van der Waals surface area contributed by atoms with E-state index in [1.807, 2.05) is 42.5 Å². The molecule has 0 radical (unpaired) electrons. The maximum Gasteiger partial charge on any atom is 0.271 e. The van der Waals surface area contributed by atoms with Crippen LogP contribution in [0.4, 0.5) is 0 Å². The Morgan fingerprint density at radius 3 is 2.44 bits per heavy atom. The van der Waals surface area contributed by atoms with Gasteiger partial charge >= 0.3 is 0 Å². The number of hydrogen-bond acceptors (Lipinski definition) is 2. The van der Waals surface area contributed by atoms with Crippen LogP contribution >= 0.6 is 15.9 Å². The third-order valence-electron chi connectivity index (χ3n) is 2.31. The van der Waals surface area contributed by atoms with E-state index in [1.165, 1.54) is 0 Å². The highest BCUT2D eigenvalue weighted by Crippen LogP contribution is 2.13.